The molecule has 0 N–H and O–H groups in total. The molecule has 7 heteroatoms. The van der Waals surface area contributed by atoms with E-state index in [0.29, 0.717) is 18.5 Å². The standard InChI is InChI=1S/C17H20F2N2O3/c18-15(19)14-11-20(9-10-24-14)17(23)13-7-4-8-21(13)16(22)12-5-2-1-3-6-12/h1-3,5-6,13-15H,4,7-11H2/t13-,14-/m0/s1. The molecule has 0 bridgehead atoms. The SMILES string of the molecule is O=C([C@@H]1CCCN1C(=O)c1ccccc1)N1CCO[C@H](C(F)F)C1. The van der Waals surface area contributed by atoms with Crippen molar-refractivity contribution in [3.63, 3.8) is 0 Å². The summed E-state index contributed by atoms with van der Waals surface area (Å²) in [6, 6.07) is 8.22. The van der Waals surface area contributed by atoms with Crippen LogP contribution in [0.2, 0.25) is 0 Å². The molecule has 0 aliphatic carbocycles. The van der Waals surface area contributed by atoms with Crippen molar-refractivity contribution >= 4 is 11.8 Å². The predicted octanol–water partition coefficient (Wildman–Crippen LogP) is 1.78. The molecule has 1 aromatic rings. The first kappa shape index (κ1) is 16.8. The number of hydrogen-bond acceptors (Lipinski definition) is 3. The lowest BCUT2D eigenvalue weighted by Crippen LogP contribution is -2.54. The second-order valence-electron chi connectivity index (χ2n) is 6.05. The summed E-state index contributed by atoms with van der Waals surface area (Å²) in [5.41, 5.74) is 0.532. The second kappa shape index (κ2) is 7.25. The average Bonchev–Trinajstić information content (AvgIpc) is 3.11. The highest BCUT2D eigenvalue weighted by Gasteiger charge is 2.39. The minimum atomic E-state index is -2.62. The van der Waals surface area contributed by atoms with Crippen LogP contribution in [0.3, 0.4) is 0 Å². The van der Waals surface area contributed by atoms with Crippen molar-refractivity contribution in [1.82, 2.24) is 9.80 Å². The largest absolute Gasteiger partial charge is 0.369 e. The number of amides is 2. The molecule has 2 atom stereocenters. The number of alkyl halides is 2. The van der Waals surface area contributed by atoms with Crippen molar-refractivity contribution in [1.29, 1.82) is 0 Å². The van der Waals surface area contributed by atoms with E-state index >= 15 is 0 Å². The number of likely N-dealkylation sites (tertiary alicyclic amines) is 1. The Morgan fingerprint density at radius 1 is 1.17 bits per heavy atom. The molecule has 3 rings (SSSR count). The van der Waals surface area contributed by atoms with Crippen molar-refractivity contribution in [2.24, 2.45) is 0 Å². The summed E-state index contributed by atoms with van der Waals surface area (Å²) >= 11 is 0. The van der Waals surface area contributed by atoms with Crippen molar-refractivity contribution in [3.8, 4) is 0 Å². The Morgan fingerprint density at radius 2 is 1.92 bits per heavy atom. The topological polar surface area (TPSA) is 49.9 Å². The van der Waals surface area contributed by atoms with Crippen molar-refractivity contribution in [3.05, 3.63) is 35.9 Å². The van der Waals surface area contributed by atoms with E-state index in [4.69, 9.17) is 4.74 Å². The zero-order valence-corrected chi connectivity index (χ0v) is 13.2. The van der Waals surface area contributed by atoms with Gasteiger partial charge in [-0.3, -0.25) is 9.59 Å². The van der Waals surface area contributed by atoms with E-state index in [1.54, 1.807) is 29.2 Å². The third kappa shape index (κ3) is 3.40. The number of nitrogens with zero attached hydrogens (tertiary/aromatic N) is 2. The zero-order valence-electron chi connectivity index (χ0n) is 13.2. The van der Waals surface area contributed by atoms with Gasteiger partial charge in [0.05, 0.1) is 13.2 Å². The first-order valence-corrected chi connectivity index (χ1v) is 8.12. The number of rotatable bonds is 3. The number of carbonyl (C=O) groups is 2. The second-order valence-corrected chi connectivity index (χ2v) is 6.05. The van der Waals surface area contributed by atoms with Crippen LogP contribution in [0.5, 0.6) is 0 Å². The molecular formula is C17H20F2N2O3. The van der Waals surface area contributed by atoms with E-state index in [0.717, 1.165) is 6.42 Å². The Balaban J connectivity index is 1.71. The van der Waals surface area contributed by atoms with E-state index < -0.39 is 18.6 Å². The normalized spacial score (nSPS) is 24.5. The molecule has 5 nitrogen and oxygen atoms in total. The Labute approximate surface area is 139 Å². The van der Waals surface area contributed by atoms with Gasteiger partial charge in [0.2, 0.25) is 5.91 Å². The highest BCUT2D eigenvalue weighted by atomic mass is 19.3. The maximum atomic E-state index is 12.8. The van der Waals surface area contributed by atoms with Crippen molar-refractivity contribution in [2.45, 2.75) is 31.4 Å². The van der Waals surface area contributed by atoms with Gasteiger partial charge in [-0.1, -0.05) is 18.2 Å². The molecule has 0 saturated carbocycles. The number of halogens is 2. The third-order valence-electron chi connectivity index (χ3n) is 4.51. The number of hydrogen-bond donors (Lipinski definition) is 0. The van der Waals surface area contributed by atoms with Gasteiger partial charge < -0.3 is 14.5 Å². The highest BCUT2D eigenvalue weighted by molar-refractivity contribution is 5.97. The monoisotopic (exact) mass is 338 g/mol. The molecule has 0 unspecified atom stereocenters. The van der Waals surface area contributed by atoms with Crippen LogP contribution in [0.15, 0.2) is 30.3 Å². The molecule has 1 aromatic carbocycles. The molecule has 2 aliphatic heterocycles. The Bertz CT molecular complexity index is 597. The minimum absolute atomic E-state index is 0.0973. The van der Waals surface area contributed by atoms with Gasteiger partial charge >= 0.3 is 0 Å². The lowest BCUT2D eigenvalue weighted by molar-refractivity contribution is -0.150. The summed E-state index contributed by atoms with van der Waals surface area (Å²) in [7, 11) is 0. The van der Waals surface area contributed by atoms with Gasteiger partial charge in [0.15, 0.2) is 0 Å². The Hall–Kier alpha value is -2.02. The van der Waals surface area contributed by atoms with E-state index in [1.165, 1.54) is 4.90 Å². The zero-order chi connectivity index (χ0) is 17.1. The van der Waals surface area contributed by atoms with Gasteiger partial charge in [0.25, 0.3) is 12.3 Å². The summed E-state index contributed by atoms with van der Waals surface area (Å²) in [5, 5.41) is 0. The molecule has 2 aliphatic rings. The van der Waals surface area contributed by atoms with Crippen molar-refractivity contribution < 1.29 is 23.1 Å². The first-order valence-electron chi connectivity index (χ1n) is 8.12. The number of carbonyl (C=O) groups excluding carboxylic acids is 2. The predicted molar refractivity (Wildman–Crippen MR) is 82.8 cm³/mol. The molecule has 130 valence electrons. The number of morpholine rings is 1. The lowest BCUT2D eigenvalue weighted by atomic mass is 10.1. The van der Waals surface area contributed by atoms with Gasteiger partial charge in [-0.05, 0) is 25.0 Å². The van der Waals surface area contributed by atoms with E-state index in [2.05, 4.69) is 0 Å². The van der Waals surface area contributed by atoms with Gasteiger partial charge in [0, 0.05) is 18.7 Å². The van der Waals surface area contributed by atoms with Crippen LogP contribution in [-0.4, -0.2) is 66.4 Å². The number of benzene rings is 1. The van der Waals surface area contributed by atoms with Gasteiger partial charge in [-0.25, -0.2) is 8.78 Å². The maximum Gasteiger partial charge on any atom is 0.266 e. The van der Waals surface area contributed by atoms with Crippen LogP contribution in [0.1, 0.15) is 23.2 Å². The fourth-order valence-electron chi connectivity index (χ4n) is 3.25. The molecule has 2 saturated heterocycles. The Morgan fingerprint density at radius 3 is 2.62 bits per heavy atom. The van der Waals surface area contributed by atoms with Gasteiger partial charge in [-0.2, -0.15) is 0 Å². The van der Waals surface area contributed by atoms with Crippen LogP contribution in [0.25, 0.3) is 0 Å². The first-order chi connectivity index (χ1) is 11.6. The summed E-state index contributed by atoms with van der Waals surface area (Å²) in [4.78, 5) is 28.3. The Kier molecular flexibility index (Phi) is 5.08. The minimum Gasteiger partial charge on any atom is -0.369 e. The molecule has 0 radical (unpaired) electrons. The van der Waals surface area contributed by atoms with Crippen LogP contribution >= 0.6 is 0 Å². The third-order valence-corrected chi connectivity index (χ3v) is 4.51. The van der Waals surface area contributed by atoms with Gasteiger partial charge in [-0.15, -0.1) is 0 Å². The van der Waals surface area contributed by atoms with Crippen LogP contribution < -0.4 is 0 Å². The van der Waals surface area contributed by atoms with E-state index in [-0.39, 0.29) is 31.5 Å². The van der Waals surface area contributed by atoms with Crippen LogP contribution in [0, 0.1) is 0 Å². The summed E-state index contributed by atoms with van der Waals surface area (Å²) in [6.07, 6.45) is -2.57. The molecule has 2 amide bonds. The fraction of sp³-hybridized carbons (Fsp3) is 0.529. The summed E-state index contributed by atoms with van der Waals surface area (Å²) in [6.45, 7) is 0.763. The summed E-state index contributed by atoms with van der Waals surface area (Å²) in [5.74, 6) is -0.448. The van der Waals surface area contributed by atoms with Gasteiger partial charge in [0.1, 0.15) is 12.1 Å². The maximum absolute atomic E-state index is 12.8. The molecular weight excluding hydrogens is 318 g/mol. The molecule has 24 heavy (non-hydrogen) atoms. The summed E-state index contributed by atoms with van der Waals surface area (Å²) < 4.78 is 30.7. The molecule has 2 heterocycles. The van der Waals surface area contributed by atoms with Crippen LogP contribution in [0.4, 0.5) is 8.78 Å². The molecule has 2 fully saturated rings. The molecule has 0 spiro atoms. The van der Waals surface area contributed by atoms with E-state index in [9.17, 15) is 18.4 Å². The quantitative estimate of drug-likeness (QED) is 0.844. The number of ether oxygens (including phenoxy) is 1. The van der Waals surface area contributed by atoms with Crippen LogP contribution in [-0.2, 0) is 9.53 Å². The lowest BCUT2D eigenvalue weighted by Gasteiger charge is -2.35. The highest BCUT2D eigenvalue weighted by Crippen LogP contribution is 2.23. The van der Waals surface area contributed by atoms with E-state index in [1.807, 2.05) is 6.07 Å². The van der Waals surface area contributed by atoms with Crippen molar-refractivity contribution in [2.75, 3.05) is 26.2 Å². The average molecular weight is 338 g/mol. The molecule has 0 aromatic heterocycles. The smallest absolute Gasteiger partial charge is 0.266 e. The fourth-order valence-corrected chi connectivity index (χ4v) is 3.25.